The second-order valence-electron chi connectivity index (χ2n) is 10.3. The molecule has 4 aliphatic heterocycles. The summed E-state index contributed by atoms with van der Waals surface area (Å²) in [5.41, 5.74) is 10.1. The molecule has 0 aromatic carbocycles. The Kier molecular flexibility index (Phi) is 4.97. The van der Waals surface area contributed by atoms with Gasteiger partial charge in [0.05, 0.1) is 22.8 Å². The predicted molar refractivity (Wildman–Crippen MR) is 154 cm³/mol. The molecule has 7 rings (SSSR count). The molecule has 4 aliphatic rings. The van der Waals surface area contributed by atoms with Crippen molar-refractivity contribution in [1.29, 1.82) is 0 Å². The van der Waals surface area contributed by atoms with Crippen molar-refractivity contribution in [1.82, 2.24) is 39.5 Å². The molecule has 0 atom stereocenters. The van der Waals surface area contributed by atoms with E-state index in [2.05, 4.69) is 143 Å². The number of H-pyrrole nitrogens is 2. The molecule has 0 aliphatic carbocycles. The molecule has 8 nitrogen and oxygen atoms in total. The topological polar surface area (TPSA) is 70.3 Å². The van der Waals surface area contributed by atoms with Crippen molar-refractivity contribution in [3.63, 3.8) is 0 Å². The van der Waals surface area contributed by atoms with Crippen LogP contribution in [0.15, 0.2) is 61.2 Å². The summed E-state index contributed by atoms with van der Waals surface area (Å²) >= 11 is 0. The highest BCUT2D eigenvalue weighted by Crippen LogP contribution is 2.36. The van der Waals surface area contributed by atoms with Gasteiger partial charge in [-0.1, -0.05) is 0 Å². The maximum atomic E-state index is 5.05. The summed E-state index contributed by atoms with van der Waals surface area (Å²) in [5, 5.41) is 0. The van der Waals surface area contributed by atoms with Gasteiger partial charge in [0.15, 0.2) is 0 Å². The van der Waals surface area contributed by atoms with E-state index in [0.717, 1.165) is 50.4 Å². The zero-order valence-corrected chi connectivity index (χ0v) is 21.9. The Hall–Kier alpha value is -4.72. The lowest BCUT2D eigenvalue weighted by atomic mass is 10.1. The van der Waals surface area contributed by atoms with Crippen LogP contribution >= 0.6 is 0 Å². The Bertz CT molecular complexity index is 1600. The van der Waals surface area contributed by atoms with E-state index in [0.29, 0.717) is 0 Å². The van der Waals surface area contributed by atoms with E-state index in [1.165, 1.54) is 5.56 Å². The number of rotatable bonds is 2. The second-order valence-corrected chi connectivity index (χ2v) is 10.3. The van der Waals surface area contributed by atoms with Crippen LogP contribution in [0.1, 0.15) is 46.2 Å². The molecule has 3 aromatic rings. The van der Waals surface area contributed by atoms with Crippen molar-refractivity contribution in [2.24, 2.45) is 0 Å². The standard InChI is InChI=1S/C30H30N8/c1-35-13-14-36(2)29(35)27-23-9-5-19(31-23)17-21-7-11-25(33-21)28(30-37(3)15-16-38(30)4)26-12-8-22(34-26)18-20-6-10-24(27)32-20/h5-18,29-32H,1-4H3. The SMILES string of the molecule is CN1C=CN(C)C1c1c2nc(cc3ccc([nH]3)c(C3N(C)C=CN3C)c3ccc(cc4nc1C=C4)[nH]3)C=C2. The van der Waals surface area contributed by atoms with Crippen LogP contribution in [0.3, 0.4) is 0 Å². The molecule has 0 spiro atoms. The van der Waals surface area contributed by atoms with Crippen LogP contribution in [0.5, 0.6) is 0 Å². The maximum Gasteiger partial charge on any atom is 0.131 e. The maximum absolute atomic E-state index is 5.05. The van der Waals surface area contributed by atoms with E-state index in [-0.39, 0.29) is 12.3 Å². The lowest BCUT2D eigenvalue weighted by Crippen LogP contribution is -2.27. The molecule has 190 valence electrons. The molecule has 8 bridgehead atoms. The lowest BCUT2D eigenvalue weighted by Gasteiger charge is -2.28. The van der Waals surface area contributed by atoms with Gasteiger partial charge in [-0.2, -0.15) is 0 Å². The van der Waals surface area contributed by atoms with Crippen LogP contribution in [0.25, 0.3) is 46.4 Å². The largest absolute Gasteiger partial charge is 0.355 e. The van der Waals surface area contributed by atoms with Gasteiger partial charge in [-0.15, -0.1) is 0 Å². The first kappa shape index (κ1) is 22.5. The van der Waals surface area contributed by atoms with E-state index < -0.39 is 0 Å². The number of aromatic nitrogens is 4. The normalized spacial score (nSPS) is 17.2. The third-order valence-corrected chi connectivity index (χ3v) is 7.61. The number of nitrogens with one attached hydrogen (secondary N) is 2. The Morgan fingerprint density at radius 2 is 0.974 bits per heavy atom. The average Bonchev–Trinajstić information content (AvgIpc) is 3.73. The van der Waals surface area contributed by atoms with E-state index in [4.69, 9.17) is 9.97 Å². The summed E-state index contributed by atoms with van der Waals surface area (Å²) in [6, 6.07) is 12.8. The Morgan fingerprint density at radius 3 is 1.42 bits per heavy atom. The van der Waals surface area contributed by atoms with Gasteiger partial charge < -0.3 is 29.6 Å². The minimum Gasteiger partial charge on any atom is -0.355 e. The summed E-state index contributed by atoms with van der Waals surface area (Å²) in [6.07, 6.45) is 16.8. The molecule has 3 aromatic heterocycles. The van der Waals surface area contributed by atoms with Crippen molar-refractivity contribution in [2.45, 2.75) is 12.3 Å². The van der Waals surface area contributed by atoms with Gasteiger partial charge >= 0.3 is 0 Å². The molecule has 0 unspecified atom stereocenters. The zero-order valence-electron chi connectivity index (χ0n) is 21.9. The summed E-state index contributed by atoms with van der Waals surface area (Å²) in [4.78, 5) is 26.2. The summed E-state index contributed by atoms with van der Waals surface area (Å²) in [6.45, 7) is 0. The number of fused-ring (bicyclic) bond motifs is 8. The molecule has 0 radical (unpaired) electrons. The molecule has 0 fully saturated rings. The van der Waals surface area contributed by atoms with Crippen LogP contribution in [0, 0.1) is 0 Å². The van der Waals surface area contributed by atoms with Crippen molar-refractivity contribution >= 4 is 46.4 Å². The summed E-state index contributed by atoms with van der Waals surface area (Å²) in [5.74, 6) is 0. The minimum absolute atomic E-state index is 0.0136. The fourth-order valence-electron chi connectivity index (χ4n) is 5.80. The number of aromatic amines is 2. The van der Waals surface area contributed by atoms with E-state index in [9.17, 15) is 0 Å². The van der Waals surface area contributed by atoms with Crippen LogP contribution in [-0.2, 0) is 0 Å². The quantitative estimate of drug-likeness (QED) is 0.339. The average molecular weight is 503 g/mol. The third-order valence-electron chi connectivity index (χ3n) is 7.61. The fraction of sp³-hybridized carbons (Fsp3) is 0.200. The number of nitrogens with zero attached hydrogens (tertiary/aromatic N) is 6. The van der Waals surface area contributed by atoms with Crippen molar-refractivity contribution in [3.8, 4) is 0 Å². The fourth-order valence-corrected chi connectivity index (χ4v) is 5.80. The highest BCUT2D eigenvalue weighted by molar-refractivity contribution is 5.81. The van der Waals surface area contributed by atoms with Gasteiger partial charge in [0.1, 0.15) is 12.3 Å². The first-order chi connectivity index (χ1) is 18.4. The molecular formula is C30H30N8. The molecular weight excluding hydrogens is 472 g/mol. The van der Waals surface area contributed by atoms with Crippen molar-refractivity contribution < 1.29 is 0 Å². The second kappa shape index (κ2) is 8.41. The van der Waals surface area contributed by atoms with E-state index in [1.807, 2.05) is 0 Å². The van der Waals surface area contributed by atoms with Crippen LogP contribution in [0.4, 0.5) is 0 Å². The van der Waals surface area contributed by atoms with E-state index in [1.54, 1.807) is 0 Å². The van der Waals surface area contributed by atoms with Crippen molar-refractivity contribution in [2.75, 3.05) is 28.2 Å². The zero-order chi connectivity index (χ0) is 26.0. The van der Waals surface area contributed by atoms with Crippen LogP contribution in [-0.4, -0.2) is 67.7 Å². The smallest absolute Gasteiger partial charge is 0.131 e. The lowest BCUT2D eigenvalue weighted by molar-refractivity contribution is 0.208. The summed E-state index contributed by atoms with van der Waals surface area (Å²) in [7, 11) is 8.39. The first-order valence-electron chi connectivity index (χ1n) is 12.8. The number of hydrogen-bond acceptors (Lipinski definition) is 6. The molecule has 2 N–H and O–H groups in total. The predicted octanol–water partition coefficient (Wildman–Crippen LogP) is 5.35. The van der Waals surface area contributed by atoms with Gasteiger partial charge in [0, 0.05) is 86.2 Å². The van der Waals surface area contributed by atoms with Gasteiger partial charge in [-0.3, -0.25) is 0 Å². The van der Waals surface area contributed by atoms with Gasteiger partial charge in [-0.05, 0) is 60.7 Å². The highest BCUT2D eigenvalue weighted by Gasteiger charge is 2.29. The van der Waals surface area contributed by atoms with Crippen LogP contribution < -0.4 is 0 Å². The molecule has 7 heterocycles. The van der Waals surface area contributed by atoms with E-state index >= 15 is 0 Å². The Morgan fingerprint density at radius 1 is 0.553 bits per heavy atom. The molecule has 0 amide bonds. The minimum atomic E-state index is 0.0136. The molecule has 8 heteroatoms. The number of hydrogen-bond donors (Lipinski definition) is 2. The molecule has 38 heavy (non-hydrogen) atoms. The van der Waals surface area contributed by atoms with Gasteiger partial charge in [0.25, 0.3) is 0 Å². The van der Waals surface area contributed by atoms with Gasteiger partial charge in [0.2, 0.25) is 0 Å². The summed E-state index contributed by atoms with van der Waals surface area (Å²) < 4.78 is 0. The third kappa shape index (κ3) is 3.60. The monoisotopic (exact) mass is 502 g/mol. The molecule has 0 saturated heterocycles. The van der Waals surface area contributed by atoms with Crippen molar-refractivity contribution in [3.05, 3.63) is 95.1 Å². The van der Waals surface area contributed by atoms with Gasteiger partial charge in [-0.25, -0.2) is 9.97 Å². The van der Waals surface area contributed by atoms with Crippen LogP contribution in [0.2, 0.25) is 0 Å². The first-order valence-corrected chi connectivity index (χ1v) is 12.8. The Labute approximate surface area is 221 Å². The Balaban J connectivity index is 1.53. The highest BCUT2D eigenvalue weighted by atomic mass is 15.4. The molecule has 0 saturated carbocycles.